The molecule has 0 aromatic carbocycles. The molecule has 0 bridgehead atoms. The average Bonchev–Trinajstić information content (AvgIpc) is 2.60. The molecule has 0 radical (unpaired) electrons. The second kappa shape index (κ2) is 4.91. The lowest BCUT2D eigenvalue weighted by Crippen LogP contribution is -2.44. The SMILES string of the molecule is CC(C)(C)[Si](C)(C)OC1CCC2(CCNCC2)C1. The molecule has 0 aromatic rings. The molecule has 1 unspecified atom stereocenters. The molecule has 0 amide bonds. The molecule has 1 saturated carbocycles. The van der Waals surface area contributed by atoms with Crippen molar-refractivity contribution in [2.75, 3.05) is 13.1 Å². The van der Waals surface area contributed by atoms with Crippen LogP contribution in [0.5, 0.6) is 0 Å². The summed E-state index contributed by atoms with van der Waals surface area (Å²) in [5, 5.41) is 3.84. The molecule has 2 aliphatic rings. The normalized spacial score (nSPS) is 28.8. The van der Waals surface area contributed by atoms with Crippen molar-refractivity contribution in [3.63, 3.8) is 0 Å². The van der Waals surface area contributed by atoms with Crippen LogP contribution in [-0.2, 0) is 4.43 Å². The van der Waals surface area contributed by atoms with Crippen LogP contribution in [0.15, 0.2) is 0 Å². The Morgan fingerprint density at radius 3 is 2.28 bits per heavy atom. The van der Waals surface area contributed by atoms with Crippen molar-refractivity contribution in [2.24, 2.45) is 5.41 Å². The number of hydrogen-bond acceptors (Lipinski definition) is 2. The van der Waals surface area contributed by atoms with Crippen molar-refractivity contribution < 1.29 is 4.43 Å². The predicted molar refractivity (Wildman–Crippen MR) is 80.5 cm³/mol. The summed E-state index contributed by atoms with van der Waals surface area (Å²) in [5.74, 6) is 0. The van der Waals surface area contributed by atoms with E-state index in [1.165, 1.54) is 45.2 Å². The lowest BCUT2D eigenvalue weighted by molar-refractivity contribution is 0.145. The number of rotatable bonds is 2. The van der Waals surface area contributed by atoms with Gasteiger partial charge in [-0.05, 0) is 68.7 Å². The highest BCUT2D eigenvalue weighted by molar-refractivity contribution is 6.74. The zero-order valence-electron chi connectivity index (χ0n) is 12.9. The van der Waals surface area contributed by atoms with Gasteiger partial charge >= 0.3 is 0 Å². The van der Waals surface area contributed by atoms with Gasteiger partial charge in [0.15, 0.2) is 8.32 Å². The molecule has 1 atom stereocenters. The summed E-state index contributed by atoms with van der Waals surface area (Å²) in [7, 11) is -1.57. The van der Waals surface area contributed by atoms with Gasteiger partial charge < -0.3 is 9.74 Å². The highest BCUT2D eigenvalue weighted by atomic mass is 28.4. The van der Waals surface area contributed by atoms with Crippen molar-refractivity contribution >= 4 is 8.32 Å². The van der Waals surface area contributed by atoms with Crippen LogP contribution in [-0.4, -0.2) is 27.5 Å². The van der Waals surface area contributed by atoms with Crippen LogP contribution >= 0.6 is 0 Å². The number of hydrogen-bond donors (Lipinski definition) is 1. The quantitative estimate of drug-likeness (QED) is 0.767. The lowest BCUT2D eigenvalue weighted by Gasteiger charge is -2.39. The Hall–Kier alpha value is 0.137. The zero-order chi connectivity index (χ0) is 13.4. The first kappa shape index (κ1) is 14.5. The first-order chi connectivity index (χ1) is 8.24. The first-order valence-corrected chi connectivity index (χ1v) is 10.5. The summed E-state index contributed by atoms with van der Waals surface area (Å²) in [5.41, 5.74) is 0.623. The second-order valence-corrected chi connectivity index (χ2v) is 12.7. The number of nitrogens with one attached hydrogen (secondary N) is 1. The minimum Gasteiger partial charge on any atom is -0.414 e. The topological polar surface area (TPSA) is 21.3 Å². The van der Waals surface area contributed by atoms with Gasteiger partial charge in [0.2, 0.25) is 0 Å². The van der Waals surface area contributed by atoms with E-state index in [-0.39, 0.29) is 0 Å². The molecule has 1 N–H and O–H groups in total. The van der Waals surface area contributed by atoms with E-state index in [0.29, 0.717) is 16.6 Å². The minimum absolute atomic E-state index is 0.344. The Kier molecular flexibility index (Phi) is 3.97. The molecule has 3 heteroatoms. The summed E-state index contributed by atoms with van der Waals surface area (Å²) in [6.45, 7) is 14.2. The summed E-state index contributed by atoms with van der Waals surface area (Å²) in [6, 6.07) is 0. The third kappa shape index (κ3) is 2.99. The van der Waals surface area contributed by atoms with Crippen molar-refractivity contribution in [3.8, 4) is 0 Å². The monoisotopic (exact) mass is 269 g/mol. The Morgan fingerprint density at radius 1 is 1.11 bits per heavy atom. The third-order valence-corrected chi connectivity index (χ3v) is 10.1. The average molecular weight is 270 g/mol. The van der Waals surface area contributed by atoms with Crippen LogP contribution in [0.2, 0.25) is 18.1 Å². The molecular formula is C15H31NOSi. The second-order valence-electron chi connectivity index (χ2n) is 7.99. The molecule has 1 spiro atoms. The fraction of sp³-hybridized carbons (Fsp3) is 1.00. The van der Waals surface area contributed by atoms with Crippen molar-refractivity contribution in [1.29, 1.82) is 0 Å². The van der Waals surface area contributed by atoms with Gasteiger partial charge in [0, 0.05) is 6.10 Å². The molecule has 18 heavy (non-hydrogen) atoms. The molecule has 106 valence electrons. The predicted octanol–water partition coefficient (Wildman–Crippen LogP) is 3.93. The fourth-order valence-corrected chi connectivity index (χ4v) is 4.65. The Morgan fingerprint density at radius 2 is 1.72 bits per heavy atom. The van der Waals surface area contributed by atoms with E-state index >= 15 is 0 Å². The van der Waals surface area contributed by atoms with E-state index < -0.39 is 8.32 Å². The van der Waals surface area contributed by atoms with Crippen molar-refractivity contribution in [3.05, 3.63) is 0 Å². The molecule has 2 rings (SSSR count). The molecule has 1 saturated heterocycles. The van der Waals surface area contributed by atoms with Crippen LogP contribution in [0.25, 0.3) is 0 Å². The van der Waals surface area contributed by atoms with Crippen LogP contribution in [0.4, 0.5) is 0 Å². The maximum Gasteiger partial charge on any atom is 0.192 e. The van der Waals surface area contributed by atoms with Gasteiger partial charge in [0.1, 0.15) is 0 Å². The van der Waals surface area contributed by atoms with Gasteiger partial charge in [0.05, 0.1) is 0 Å². The van der Waals surface area contributed by atoms with Gasteiger partial charge in [0.25, 0.3) is 0 Å². The number of piperidine rings is 1. The van der Waals surface area contributed by atoms with Crippen LogP contribution in [0.1, 0.15) is 52.9 Å². The summed E-state index contributed by atoms with van der Waals surface area (Å²) < 4.78 is 6.61. The molecule has 1 aliphatic heterocycles. The smallest absolute Gasteiger partial charge is 0.192 e. The van der Waals surface area contributed by atoms with E-state index in [4.69, 9.17) is 4.43 Å². The van der Waals surface area contributed by atoms with Gasteiger partial charge in [-0.2, -0.15) is 0 Å². The molecule has 2 nitrogen and oxygen atoms in total. The molecule has 1 aliphatic carbocycles. The third-order valence-electron chi connectivity index (χ3n) is 5.59. The van der Waals surface area contributed by atoms with E-state index in [0.717, 1.165) is 0 Å². The largest absolute Gasteiger partial charge is 0.414 e. The first-order valence-electron chi connectivity index (χ1n) is 7.63. The molecule has 2 fully saturated rings. The van der Waals surface area contributed by atoms with Crippen LogP contribution < -0.4 is 5.32 Å². The maximum atomic E-state index is 6.61. The van der Waals surface area contributed by atoms with Crippen molar-refractivity contribution in [2.45, 2.75) is 77.1 Å². The fourth-order valence-electron chi connectivity index (χ4n) is 3.26. The summed E-state index contributed by atoms with van der Waals surface area (Å²) in [6.07, 6.45) is 7.29. The Labute approximate surface area is 114 Å². The van der Waals surface area contributed by atoms with E-state index in [2.05, 4.69) is 39.2 Å². The zero-order valence-corrected chi connectivity index (χ0v) is 13.9. The van der Waals surface area contributed by atoms with Gasteiger partial charge in [-0.3, -0.25) is 0 Å². The van der Waals surface area contributed by atoms with E-state index in [9.17, 15) is 0 Å². The Balaban J connectivity index is 1.93. The lowest BCUT2D eigenvalue weighted by atomic mass is 9.77. The highest BCUT2D eigenvalue weighted by Gasteiger charge is 2.45. The molecule has 0 aromatic heterocycles. The van der Waals surface area contributed by atoms with E-state index in [1.54, 1.807) is 0 Å². The van der Waals surface area contributed by atoms with Gasteiger partial charge in [-0.15, -0.1) is 0 Å². The van der Waals surface area contributed by atoms with Crippen LogP contribution in [0.3, 0.4) is 0 Å². The van der Waals surface area contributed by atoms with Gasteiger partial charge in [-0.1, -0.05) is 20.8 Å². The molecular weight excluding hydrogens is 238 g/mol. The maximum absolute atomic E-state index is 6.61. The summed E-state index contributed by atoms with van der Waals surface area (Å²) >= 11 is 0. The summed E-state index contributed by atoms with van der Waals surface area (Å²) in [4.78, 5) is 0. The Bertz CT molecular complexity index is 289. The van der Waals surface area contributed by atoms with Gasteiger partial charge in [-0.25, -0.2) is 0 Å². The molecule has 1 heterocycles. The highest BCUT2D eigenvalue weighted by Crippen LogP contribution is 2.48. The van der Waals surface area contributed by atoms with E-state index in [1.807, 2.05) is 0 Å². The minimum atomic E-state index is -1.57. The van der Waals surface area contributed by atoms with Crippen molar-refractivity contribution in [1.82, 2.24) is 5.32 Å². The standard InChI is InChI=1S/C15H31NOSi/c1-14(2,3)18(4,5)17-13-6-7-15(12-13)8-10-16-11-9-15/h13,16H,6-12H2,1-5H3. The van der Waals surface area contributed by atoms with Crippen LogP contribution in [0, 0.1) is 5.41 Å².